The van der Waals surface area contributed by atoms with E-state index in [-0.39, 0.29) is 23.4 Å². The topological polar surface area (TPSA) is 51.6 Å². The molecule has 2 aliphatic heterocycles. The lowest BCUT2D eigenvalue weighted by Crippen LogP contribution is -2.42. The molecular formula is C27H26Cl2N4OS. The summed E-state index contributed by atoms with van der Waals surface area (Å²) in [4.78, 5) is 8.73. The largest absolute Gasteiger partial charge is 0.506 e. The van der Waals surface area contributed by atoms with Crippen LogP contribution in [-0.4, -0.2) is 27.8 Å². The van der Waals surface area contributed by atoms with E-state index in [1.54, 1.807) is 24.4 Å². The zero-order valence-electron chi connectivity index (χ0n) is 19.9. The van der Waals surface area contributed by atoms with Gasteiger partial charge in [-0.15, -0.1) is 0 Å². The SMILES string of the molecule is CC1=CC(C)(C)N(C)c2cc(Cl)c([C@@H]3[C@H](c4ccccn4)NC(=S)N3c3cc(Cl)ccc3O)cc21. The molecule has 0 aliphatic carbocycles. The quantitative estimate of drug-likeness (QED) is 0.363. The zero-order chi connectivity index (χ0) is 25.1. The number of rotatable bonds is 3. The van der Waals surface area contributed by atoms with Gasteiger partial charge in [0.25, 0.3) is 0 Å². The van der Waals surface area contributed by atoms with Gasteiger partial charge in [-0.2, -0.15) is 0 Å². The summed E-state index contributed by atoms with van der Waals surface area (Å²) in [5, 5.41) is 15.8. The van der Waals surface area contributed by atoms with Crippen molar-refractivity contribution < 1.29 is 5.11 Å². The molecule has 5 rings (SSSR count). The molecule has 3 heterocycles. The number of hydrogen-bond donors (Lipinski definition) is 2. The number of allylic oxidation sites excluding steroid dienone is 1. The van der Waals surface area contributed by atoms with E-state index in [1.807, 2.05) is 29.2 Å². The third-order valence-corrected chi connectivity index (χ3v) is 7.83. The summed E-state index contributed by atoms with van der Waals surface area (Å²) in [6.45, 7) is 6.49. The summed E-state index contributed by atoms with van der Waals surface area (Å²) >= 11 is 19.1. The van der Waals surface area contributed by atoms with Gasteiger partial charge >= 0.3 is 0 Å². The number of phenols is 1. The third-order valence-electron chi connectivity index (χ3n) is 6.95. The minimum absolute atomic E-state index is 0.0804. The highest BCUT2D eigenvalue weighted by molar-refractivity contribution is 7.80. The Morgan fingerprint density at radius 3 is 2.57 bits per heavy atom. The molecule has 3 aromatic rings. The van der Waals surface area contributed by atoms with Crippen LogP contribution in [0.3, 0.4) is 0 Å². The molecule has 180 valence electrons. The van der Waals surface area contributed by atoms with Crippen LogP contribution in [0.2, 0.25) is 10.0 Å². The predicted octanol–water partition coefficient (Wildman–Crippen LogP) is 6.90. The highest BCUT2D eigenvalue weighted by Gasteiger charge is 2.43. The van der Waals surface area contributed by atoms with Crippen LogP contribution < -0.4 is 15.1 Å². The van der Waals surface area contributed by atoms with Gasteiger partial charge in [0.1, 0.15) is 5.75 Å². The Kier molecular flexibility index (Phi) is 5.94. The molecule has 0 unspecified atom stereocenters. The van der Waals surface area contributed by atoms with Gasteiger partial charge in [-0.1, -0.05) is 35.3 Å². The van der Waals surface area contributed by atoms with Crippen molar-refractivity contribution >= 4 is 57.5 Å². The highest BCUT2D eigenvalue weighted by Crippen LogP contribution is 2.49. The normalized spacial score (nSPS) is 21.0. The van der Waals surface area contributed by atoms with Gasteiger partial charge in [0.2, 0.25) is 0 Å². The van der Waals surface area contributed by atoms with Crippen molar-refractivity contribution in [3.8, 4) is 5.75 Å². The molecule has 2 atom stereocenters. The number of nitrogens with one attached hydrogen (secondary N) is 1. The van der Waals surface area contributed by atoms with Crippen molar-refractivity contribution in [1.82, 2.24) is 10.3 Å². The Morgan fingerprint density at radius 1 is 1.09 bits per heavy atom. The lowest BCUT2D eigenvalue weighted by molar-refractivity contribution is 0.473. The number of anilines is 2. The number of likely N-dealkylation sites (N-methyl/N-ethyl adjacent to an activating group) is 1. The number of aromatic hydroxyl groups is 1. The molecule has 0 spiro atoms. The number of aromatic nitrogens is 1. The van der Waals surface area contributed by atoms with E-state index in [1.165, 1.54) is 5.57 Å². The van der Waals surface area contributed by atoms with Gasteiger partial charge in [0.15, 0.2) is 5.11 Å². The number of fused-ring (bicyclic) bond motifs is 1. The predicted molar refractivity (Wildman–Crippen MR) is 149 cm³/mol. The number of thiocarbonyl (C=S) groups is 1. The fourth-order valence-electron chi connectivity index (χ4n) is 5.03. The second-order valence-electron chi connectivity index (χ2n) is 9.56. The molecule has 1 saturated heterocycles. The summed E-state index contributed by atoms with van der Waals surface area (Å²) in [5.74, 6) is 0.0804. The van der Waals surface area contributed by atoms with Crippen molar-refractivity contribution in [1.29, 1.82) is 0 Å². The molecule has 8 heteroatoms. The molecule has 0 amide bonds. The van der Waals surface area contributed by atoms with Gasteiger partial charge in [-0.25, -0.2) is 0 Å². The van der Waals surface area contributed by atoms with Crippen LogP contribution in [0.4, 0.5) is 11.4 Å². The summed E-state index contributed by atoms with van der Waals surface area (Å²) in [5.41, 5.74) is 5.45. The first-order chi connectivity index (χ1) is 16.6. The fourth-order valence-corrected chi connectivity index (χ4v) is 5.81. The Bertz CT molecular complexity index is 1360. The standard InChI is InChI=1S/C27H26Cl2N4OS/c1-15-14-27(2,3)32(4)21-13-19(29)18(12-17(15)21)25-24(20-7-5-6-10-30-20)31-26(35)33(25)22-11-16(28)8-9-23(22)34/h5-14,24-25,34H,1-4H3,(H,31,35)/t24-,25+/m0/s1. The molecule has 1 aromatic heterocycles. The van der Waals surface area contributed by atoms with Crippen LogP contribution >= 0.6 is 35.4 Å². The number of benzene rings is 2. The maximum absolute atomic E-state index is 10.8. The lowest BCUT2D eigenvalue weighted by Gasteiger charge is -2.41. The first-order valence-corrected chi connectivity index (χ1v) is 12.5. The van der Waals surface area contributed by atoms with Gasteiger partial charge in [-0.3, -0.25) is 4.98 Å². The monoisotopic (exact) mass is 524 g/mol. The summed E-state index contributed by atoms with van der Waals surface area (Å²) < 4.78 is 0. The minimum atomic E-state index is -0.368. The van der Waals surface area contributed by atoms with Crippen molar-refractivity contribution in [3.05, 3.63) is 87.7 Å². The van der Waals surface area contributed by atoms with Crippen LogP contribution in [0.5, 0.6) is 5.75 Å². The summed E-state index contributed by atoms with van der Waals surface area (Å²) in [6.07, 6.45) is 4.02. The fraction of sp³-hybridized carbons (Fsp3) is 0.259. The molecule has 35 heavy (non-hydrogen) atoms. The molecule has 2 aromatic carbocycles. The van der Waals surface area contributed by atoms with E-state index >= 15 is 0 Å². The summed E-state index contributed by atoms with van der Waals surface area (Å²) in [6, 6.07) is 14.2. The Hall–Kier alpha value is -2.80. The van der Waals surface area contributed by atoms with E-state index in [2.05, 4.69) is 55.2 Å². The maximum atomic E-state index is 10.8. The molecular weight excluding hydrogens is 499 g/mol. The maximum Gasteiger partial charge on any atom is 0.174 e. The zero-order valence-corrected chi connectivity index (χ0v) is 22.2. The van der Waals surface area contributed by atoms with Gasteiger partial charge in [0, 0.05) is 34.5 Å². The molecule has 1 fully saturated rings. The first kappa shape index (κ1) is 23.9. The van der Waals surface area contributed by atoms with Crippen LogP contribution in [0.1, 0.15) is 49.7 Å². The van der Waals surface area contributed by atoms with Crippen LogP contribution in [0, 0.1) is 0 Å². The average molecular weight is 526 g/mol. The number of hydrogen-bond acceptors (Lipinski definition) is 4. The highest BCUT2D eigenvalue weighted by atomic mass is 35.5. The molecule has 0 bridgehead atoms. The third kappa shape index (κ3) is 4.03. The second kappa shape index (κ2) is 8.70. The summed E-state index contributed by atoms with van der Waals surface area (Å²) in [7, 11) is 2.08. The van der Waals surface area contributed by atoms with Crippen LogP contribution in [0.25, 0.3) is 5.57 Å². The first-order valence-electron chi connectivity index (χ1n) is 11.3. The Morgan fingerprint density at radius 2 is 1.86 bits per heavy atom. The van der Waals surface area contributed by atoms with Crippen molar-refractivity contribution in [2.75, 3.05) is 16.8 Å². The smallest absolute Gasteiger partial charge is 0.174 e. The van der Waals surface area contributed by atoms with E-state index in [9.17, 15) is 5.11 Å². The molecule has 0 saturated carbocycles. The van der Waals surface area contributed by atoms with Gasteiger partial charge in [0.05, 0.1) is 29.0 Å². The van der Waals surface area contributed by atoms with Gasteiger partial charge in [-0.05, 0) is 86.6 Å². The number of phenolic OH excluding ortho intramolecular Hbond substituents is 1. The van der Waals surface area contributed by atoms with Crippen molar-refractivity contribution in [3.63, 3.8) is 0 Å². The van der Waals surface area contributed by atoms with E-state index in [4.69, 9.17) is 35.4 Å². The number of pyridine rings is 1. The second-order valence-corrected chi connectivity index (χ2v) is 10.8. The molecule has 5 nitrogen and oxygen atoms in total. The van der Waals surface area contributed by atoms with E-state index in [0.29, 0.717) is 20.8 Å². The average Bonchev–Trinajstić information content (AvgIpc) is 3.16. The van der Waals surface area contributed by atoms with E-state index < -0.39 is 0 Å². The van der Waals surface area contributed by atoms with Gasteiger partial charge < -0.3 is 20.2 Å². The number of halogens is 2. The van der Waals surface area contributed by atoms with E-state index in [0.717, 1.165) is 22.5 Å². The Labute approximate surface area is 221 Å². The van der Waals surface area contributed by atoms with Crippen LogP contribution in [-0.2, 0) is 0 Å². The lowest BCUT2D eigenvalue weighted by atomic mass is 9.86. The molecule has 2 aliphatic rings. The molecule has 2 N–H and O–H groups in total. The minimum Gasteiger partial charge on any atom is -0.506 e. The Balaban J connectivity index is 1.73. The van der Waals surface area contributed by atoms with Crippen LogP contribution in [0.15, 0.2) is 60.8 Å². The number of nitrogens with zero attached hydrogens (tertiary/aromatic N) is 3. The molecule has 0 radical (unpaired) electrons. The van der Waals surface area contributed by atoms with Crippen molar-refractivity contribution in [2.45, 2.75) is 38.4 Å². The van der Waals surface area contributed by atoms with Crippen molar-refractivity contribution in [2.24, 2.45) is 0 Å².